The van der Waals surface area contributed by atoms with Crippen LogP contribution in [0.4, 0.5) is 5.69 Å². The Hall–Kier alpha value is -2.82. The van der Waals surface area contributed by atoms with Crippen molar-refractivity contribution in [3.05, 3.63) is 63.7 Å². The Labute approximate surface area is 184 Å². The Kier molecular flexibility index (Phi) is 5.80. The lowest BCUT2D eigenvalue weighted by molar-refractivity contribution is -0.129. The average Bonchev–Trinajstić information content (AvgIpc) is 2.79. The van der Waals surface area contributed by atoms with Crippen LogP contribution in [0.5, 0.6) is 11.5 Å². The van der Waals surface area contributed by atoms with Gasteiger partial charge in [-0.15, -0.1) is 0 Å². The van der Waals surface area contributed by atoms with E-state index < -0.39 is 0 Å². The van der Waals surface area contributed by atoms with Crippen LogP contribution >= 0.6 is 23.4 Å². The van der Waals surface area contributed by atoms with Crippen molar-refractivity contribution in [1.29, 1.82) is 5.26 Å². The number of fused-ring (bicyclic) bond motifs is 1. The van der Waals surface area contributed by atoms with E-state index in [0.29, 0.717) is 34.6 Å². The predicted octanol–water partition coefficient (Wildman–Crippen LogP) is 4.58. The molecule has 1 fully saturated rings. The van der Waals surface area contributed by atoms with E-state index in [1.165, 1.54) is 11.8 Å². The molecular formula is C22H20ClN3O3S. The zero-order valence-corrected chi connectivity index (χ0v) is 18.2. The van der Waals surface area contributed by atoms with E-state index in [4.69, 9.17) is 21.1 Å². The van der Waals surface area contributed by atoms with Crippen molar-refractivity contribution in [2.24, 2.45) is 0 Å². The van der Waals surface area contributed by atoms with Gasteiger partial charge in [0.15, 0.2) is 0 Å². The summed E-state index contributed by atoms with van der Waals surface area (Å²) in [5.41, 5.74) is 2.43. The molecule has 0 spiro atoms. The van der Waals surface area contributed by atoms with Gasteiger partial charge < -0.3 is 14.4 Å². The molecule has 0 aromatic heterocycles. The second-order valence-electron chi connectivity index (χ2n) is 6.95. The third-order valence-corrected chi connectivity index (χ3v) is 6.70. The Morgan fingerprint density at radius 1 is 1.17 bits per heavy atom. The zero-order valence-electron chi connectivity index (χ0n) is 16.6. The maximum absolute atomic E-state index is 13.0. The van der Waals surface area contributed by atoms with Crippen LogP contribution in [-0.4, -0.2) is 37.6 Å². The van der Waals surface area contributed by atoms with E-state index in [-0.39, 0.29) is 18.2 Å². The molecule has 4 rings (SSSR count). The predicted molar refractivity (Wildman–Crippen MR) is 118 cm³/mol. The van der Waals surface area contributed by atoms with Crippen LogP contribution < -0.4 is 14.4 Å². The number of thioether (sulfide) groups is 1. The molecule has 0 aliphatic carbocycles. The van der Waals surface area contributed by atoms with Crippen LogP contribution in [0.2, 0.25) is 5.02 Å². The number of methoxy groups -OCH3 is 2. The highest BCUT2D eigenvalue weighted by atomic mass is 35.5. The van der Waals surface area contributed by atoms with Crippen LogP contribution in [-0.2, 0) is 4.79 Å². The first kappa shape index (κ1) is 20.5. The number of halogens is 1. The van der Waals surface area contributed by atoms with Crippen LogP contribution in [0.1, 0.15) is 17.9 Å². The van der Waals surface area contributed by atoms with Gasteiger partial charge in [-0.05, 0) is 29.8 Å². The SMILES string of the molecule is COc1ccc(N2CSC3=C(C#N)[C@H](c4ccc(Cl)cc4)CC(=O)N3C2)c(OC)c1. The van der Waals surface area contributed by atoms with E-state index in [0.717, 1.165) is 16.3 Å². The van der Waals surface area contributed by atoms with Crippen molar-refractivity contribution in [1.82, 2.24) is 4.90 Å². The maximum Gasteiger partial charge on any atom is 0.229 e. The molecule has 0 unspecified atom stereocenters. The number of carbonyl (C=O) groups is 1. The number of hydrogen-bond donors (Lipinski definition) is 0. The number of allylic oxidation sites excluding steroid dienone is 1. The first-order chi connectivity index (χ1) is 14.5. The molecule has 0 radical (unpaired) electrons. The molecule has 30 heavy (non-hydrogen) atoms. The van der Waals surface area contributed by atoms with Crippen LogP contribution in [0.3, 0.4) is 0 Å². The van der Waals surface area contributed by atoms with E-state index in [1.807, 2.05) is 30.3 Å². The van der Waals surface area contributed by atoms with Crippen molar-refractivity contribution in [2.75, 3.05) is 31.7 Å². The summed E-state index contributed by atoms with van der Waals surface area (Å²) in [5.74, 6) is 1.72. The van der Waals surface area contributed by atoms with Crippen molar-refractivity contribution in [2.45, 2.75) is 12.3 Å². The van der Waals surface area contributed by atoms with Crippen LogP contribution in [0.15, 0.2) is 53.1 Å². The monoisotopic (exact) mass is 441 g/mol. The van der Waals surface area contributed by atoms with Crippen molar-refractivity contribution in [3.8, 4) is 17.6 Å². The third kappa shape index (κ3) is 3.69. The van der Waals surface area contributed by atoms with Crippen molar-refractivity contribution < 1.29 is 14.3 Å². The molecule has 154 valence electrons. The molecule has 0 saturated carbocycles. The minimum atomic E-state index is -0.249. The molecule has 2 heterocycles. The summed E-state index contributed by atoms with van der Waals surface area (Å²) in [6.45, 7) is 0.363. The third-order valence-electron chi connectivity index (χ3n) is 5.29. The number of nitriles is 1. The number of amides is 1. The van der Waals surface area contributed by atoms with Crippen LogP contribution in [0, 0.1) is 11.3 Å². The molecule has 2 aliphatic heterocycles. The summed E-state index contributed by atoms with van der Waals surface area (Å²) in [7, 11) is 3.21. The highest BCUT2D eigenvalue weighted by Gasteiger charge is 2.38. The Morgan fingerprint density at radius 2 is 1.93 bits per heavy atom. The first-order valence-electron chi connectivity index (χ1n) is 9.35. The molecule has 1 amide bonds. The number of benzene rings is 2. The summed E-state index contributed by atoms with van der Waals surface area (Å²) in [4.78, 5) is 16.8. The number of carbonyl (C=O) groups excluding carboxylic acids is 1. The lowest BCUT2D eigenvalue weighted by Crippen LogP contribution is -2.47. The molecule has 1 atom stereocenters. The van der Waals surface area contributed by atoms with Crippen LogP contribution in [0.25, 0.3) is 0 Å². The lowest BCUT2D eigenvalue weighted by Gasteiger charge is -2.42. The fraction of sp³-hybridized carbons (Fsp3) is 0.273. The fourth-order valence-electron chi connectivity index (χ4n) is 3.74. The van der Waals surface area contributed by atoms with Gasteiger partial charge in [0, 0.05) is 23.4 Å². The van der Waals surface area contributed by atoms with Gasteiger partial charge in [-0.25, -0.2) is 0 Å². The molecule has 1 saturated heterocycles. The molecule has 2 aromatic rings. The molecule has 0 bridgehead atoms. The standard InChI is InChI=1S/C22H20ClN3O3S/c1-28-16-7-8-19(20(9-16)29-2)25-12-26-21(27)10-17(14-3-5-15(23)6-4-14)18(11-24)22(26)30-13-25/h3-9,17H,10,12-13H2,1-2H3/t17-/m0/s1. The number of nitrogens with zero attached hydrogens (tertiary/aromatic N) is 3. The summed E-state index contributed by atoms with van der Waals surface area (Å²) in [6.07, 6.45) is 0.252. The van der Waals surface area contributed by atoms with Gasteiger partial charge in [0.2, 0.25) is 5.91 Å². The Morgan fingerprint density at radius 3 is 2.60 bits per heavy atom. The molecule has 8 heteroatoms. The molecule has 6 nitrogen and oxygen atoms in total. The van der Waals surface area contributed by atoms with Gasteiger partial charge in [0.25, 0.3) is 0 Å². The number of hydrogen-bond acceptors (Lipinski definition) is 6. The number of rotatable bonds is 4. The normalized spacial score (nSPS) is 18.7. The first-order valence-corrected chi connectivity index (χ1v) is 10.7. The van der Waals surface area contributed by atoms with E-state index in [9.17, 15) is 10.1 Å². The van der Waals surface area contributed by atoms with Gasteiger partial charge in [0.05, 0.1) is 49.1 Å². The van der Waals surface area contributed by atoms with Gasteiger partial charge in [-0.3, -0.25) is 9.69 Å². The van der Waals surface area contributed by atoms with Crippen molar-refractivity contribution >= 4 is 35.0 Å². The van der Waals surface area contributed by atoms with Gasteiger partial charge in [-0.1, -0.05) is 35.5 Å². The molecule has 2 aliphatic rings. The quantitative estimate of drug-likeness (QED) is 0.692. The minimum Gasteiger partial charge on any atom is -0.497 e. The second kappa shape index (κ2) is 8.50. The maximum atomic E-state index is 13.0. The van der Waals surface area contributed by atoms with E-state index >= 15 is 0 Å². The largest absolute Gasteiger partial charge is 0.497 e. The zero-order chi connectivity index (χ0) is 21.3. The Bertz CT molecular complexity index is 1050. The molecule has 0 N–H and O–H groups in total. The summed E-state index contributed by atoms with van der Waals surface area (Å²) >= 11 is 7.49. The fourth-order valence-corrected chi connectivity index (χ4v) is 5.02. The van der Waals surface area contributed by atoms with Crippen molar-refractivity contribution in [3.63, 3.8) is 0 Å². The average molecular weight is 442 g/mol. The second-order valence-corrected chi connectivity index (χ2v) is 8.32. The highest BCUT2D eigenvalue weighted by molar-refractivity contribution is 8.03. The molecule has 2 aromatic carbocycles. The van der Waals surface area contributed by atoms with Gasteiger partial charge in [0.1, 0.15) is 11.5 Å². The lowest BCUT2D eigenvalue weighted by atomic mass is 9.86. The van der Waals surface area contributed by atoms with Gasteiger partial charge in [-0.2, -0.15) is 5.26 Å². The topological polar surface area (TPSA) is 65.8 Å². The number of ether oxygens (including phenoxy) is 2. The summed E-state index contributed by atoms with van der Waals surface area (Å²) in [6, 6.07) is 15.3. The smallest absolute Gasteiger partial charge is 0.229 e. The molecular weight excluding hydrogens is 422 g/mol. The minimum absolute atomic E-state index is 0.00590. The Balaban J connectivity index is 1.65. The summed E-state index contributed by atoms with van der Waals surface area (Å²) < 4.78 is 10.8. The number of anilines is 1. The van der Waals surface area contributed by atoms with E-state index in [1.54, 1.807) is 31.3 Å². The van der Waals surface area contributed by atoms with E-state index in [2.05, 4.69) is 11.0 Å². The summed E-state index contributed by atoms with van der Waals surface area (Å²) in [5, 5.41) is 11.3. The van der Waals surface area contributed by atoms with Gasteiger partial charge >= 0.3 is 0 Å². The highest BCUT2D eigenvalue weighted by Crippen LogP contribution is 2.44.